The van der Waals surface area contributed by atoms with Gasteiger partial charge in [0.2, 0.25) is 0 Å². The lowest BCUT2D eigenvalue weighted by Gasteiger charge is -2.03. The van der Waals surface area contributed by atoms with Crippen molar-refractivity contribution < 1.29 is 0 Å². The van der Waals surface area contributed by atoms with E-state index in [0.717, 1.165) is 13.1 Å². The number of halogens is 1. The number of hydrogen-bond acceptors (Lipinski definition) is 1. The van der Waals surface area contributed by atoms with E-state index in [1.54, 1.807) is 0 Å². The second-order valence-electron chi connectivity index (χ2n) is 3.20. The van der Waals surface area contributed by atoms with Crippen molar-refractivity contribution in [2.24, 2.45) is 0 Å². The van der Waals surface area contributed by atoms with Crippen LogP contribution in [0.15, 0.2) is 24.3 Å². The maximum absolute atomic E-state index is 3.42. The molecular weight excluding hydrogens is 273 g/mol. The number of alkyl halides is 1. The Labute approximate surface area is 94.1 Å². The minimum Gasteiger partial charge on any atom is -0.313 e. The highest BCUT2D eigenvalue weighted by atomic mass is 127. The van der Waals surface area contributed by atoms with E-state index in [-0.39, 0.29) is 0 Å². The van der Waals surface area contributed by atoms with Crippen molar-refractivity contribution in [3.05, 3.63) is 35.4 Å². The molecule has 0 aliphatic carbocycles. The molecule has 0 aliphatic heterocycles. The SMILES string of the molecule is Cc1ccc(CNCCCI)cc1. The van der Waals surface area contributed by atoms with Crippen LogP contribution >= 0.6 is 22.6 Å². The zero-order valence-corrected chi connectivity index (χ0v) is 10.2. The minimum absolute atomic E-state index is 0.997. The normalized spacial score (nSPS) is 10.3. The average molecular weight is 289 g/mol. The first-order chi connectivity index (χ1) is 6.33. The van der Waals surface area contributed by atoms with Crippen LogP contribution < -0.4 is 5.32 Å². The van der Waals surface area contributed by atoms with Crippen molar-refractivity contribution in [2.75, 3.05) is 11.0 Å². The van der Waals surface area contributed by atoms with Gasteiger partial charge in [0, 0.05) is 11.0 Å². The van der Waals surface area contributed by atoms with E-state index in [1.165, 1.54) is 22.0 Å². The Hall–Kier alpha value is -0.0900. The molecule has 0 saturated heterocycles. The van der Waals surface area contributed by atoms with Crippen LogP contribution in [0.1, 0.15) is 17.5 Å². The molecule has 0 heterocycles. The number of benzene rings is 1. The molecule has 0 saturated carbocycles. The predicted octanol–water partition coefficient (Wildman–Crippen LogP) is 2.91. The third-order valence-corrected chi connectivity index (χ3v) is 2.70. The summed E-state index contributed by atoms with van der Waals surface area (Å²) in [6.07, 6.45) is 1.26. The Morgan fingerprint density at radius 2 is 1.92 bits per heavy atom. The Morgan fingerprint density at radius 3 is 2.54 bits per heavy atom. The second kappa shape index (κ2) is 6.38. The lowest BCUT2D eigenvalue weighted by atomic mass is 10.1. The highest BCUT2D eigenvalue weighted by molar-refractivity contribution is 14.1. The summed E-state index contributed by atoms with van der Waals surface area (Å²) in [7, 11) is 0. The van der Waals surface area contributed by atoms with Gasteiger partial charge in [-0.05, 0) is 25.5 Å². The lowest BCUT2D eigenvalue weighted by molar-refractivity contribution is 0.681. The molecule has 0 aliphatic rings. The van der Waals surface area contributed by atoms with Crippen molar-refractivity contribution in [2.45, 2.75) is 19.9 Å². The zero-order chi connectivity index (χ0) is 9.52. The van der Waals surface area contributed by atoms with Crippen LogP contribution in [-0.2, 0) is 6.54 Å². The van der Waals surface area contributed by atoms with Crippen LogP contribution in [0, 0.1) is 6.92 Å². The lowest BCUT2D eigenvalue weighted by Crippen LogP contribution is -2.14. The summed E-state index contributed by atoms with van der Waals surface area (Å²) in [4.78, 5) is 0. The van der Waals surface area contributed by atoms with Gasteiger partial charge in [-0.15, -0.1) is 0 Å². The van der Waals surface area contributed by atoms with Gasteiger partial charge in [0.25, 0.3) is 0 Å². The van der Waals surface area contributed by atoms with E-state index in [4.69, 9.17) is 0 Å². The van der Waals surface area contributed by atoms with Crippen molar-refractivity contribution in [3.8, 4) is 0 Å². The average Bonchev–Trinajstić information content (AvgIpc) is 2.15. The first-order valence-corrected chi connectivity index (χ1v) is 6.17. The van der Waals surface area contributed by atoms with Crippen LogP contribution in [0.3, 0.4) is 0 Å². The van der Waals surface area contributed by atoms with Crippen molar-refractivity contribution in [1.29, 1.82) is 0 Å². The maximum Gasteiger partial charge on any atom is 0.0205 e. The molecule has 1 N–H and O–H groups in total. The van der Waals surface area contributed by atoms with Crippen molar-refractivity contribution >= 4 is 22.6 Å². The predicted molar refractivity (Wildman–Crippen MR) is 66.4 cm³/mol. The van der Waals surface area contributed by atoms with E-state index in [1.807, 2.05) is 0 Å². The number of aryl methyl sites for hydroxylation is 1. The van der Waals surface area contributed by atoms with E-state index >= 15 is 0 Å². The molecule has 0 unspecified atom stereocenters. The van der Waals surface area contributed by atoms with E-state index < -0.39 is 0 Å². The van der Waals surface area contributed by atoms with E-state index in [0.29, 0.717) is 0 Å². The molecular formula is C11H16IN. The standard InChI is InChI=1S/C11H16IN/c1-10-3-5-11(6-4-10)9-13-8-2-7-12/h3-6,13H,2,7-9H2,1H3. The first kappa shape index (κ1) is 11.0. The molecule has 1 rings (SSSR count). The van der Waals surface area contributed by atoms with Crippen LogP contribution in [0.5, 0.6) is 0 Å². The molecule has 1 aromatic carbocycles. The van der Waals surface area contributed by atoms with Crippen LogP contribution in [-0.4, -0.2) is 11.0 Å². The monoisotopic (exact) mass is 289 g/mol. The fraction of sp³-hybridized carbons (Fsp3) is 0.455. The Bertz CT molecular complexity index is 230. The highest BCUT2D eigenvalue weighted by Gasteiger charge is 1.91. The third-order valence-electron chi connectivity index (χ3n) is 1.94. The summed E-state index contributed by atoms with van der Waals surface area (Å²) in [5, 5.41) is 3.42. The van der Waals surface area contributed by atoms with Gasteiger partial charge in [0.1, 0.15) is 0 Å². The van der Waals surface area contributed by atoms with Gasteiger partial charge < -0.3 is 5.32 Å². The van der Waals surface area contributed by atoms with Crippen molar-refractivity contribution in [3.63, 3.8) is 0 Å². The molecule has 1 aromatic rings. The van der Waals surface area contributed by atoms with Crippen LogP contribution in [0.25, 0.3) is 0 Å². The van der Waals surface area contributed by atoms with Gasteiger partial charge in [-0.1, -0.05) is 52.4 Å². The maximum atomic E-state index is 3.42. The van der Waals surface area contributed by atoms with Gasteiger partial charge in [-0.3, -0.25) is 0 Å². The summed E-state index contributed by atoms with van der Waals surface area (Å²) in [6.45, 7) is 4.24. The number of rotatable bonds is 5. The molecule has 13 heavy (non-hydrogen) atoms. The Morgan fingerprint density at radius 1 is 1.23 bits per heavy atom. The zero-order valence-electron chi connectivity index (χ0n) is 8.02. The number of nitrogens with one attached hydrogen (secondary N) is 1. The summed E-state index contributed by atoms with van der Waals surface area (Å²) >= 11 is 2.41. The third kappa shape index (κ3) is 4.62. The van der Waals surface area contributed by atoms with Gasteiger partial charge in [-0.2, -0.15) is 0 Å². The summed E-state index contributed by atoms with van der Waals surface area (Å²) < 4.78 is 1.23. The smallest absolute Gasteiger partial charge is 0.0205 e. The molecule has 0 amide bonds. The Balaban J connectivity index is 2.25. The molecule has 1 nitrogen and oxygen atoms in total. The molecule has 0 bridgehead atoms. The van der Waals surface area contributed by atoms with Gasteiger partial charge >= 0.3 is 0 Å². The van der Waals surface area contributed by atoms with Gasteiger partial charge in [0.05, 0.1) is 0 Å². The van der Waals surface area contributed by atoms with E-state index in [2.05, 4.69) is 59.1 Å². The molecule has 2 heteroatoms. The van der Waals surface area contributed by atoms with E-state index in [9.17, 15) is 0 Å². The molecule has 0 fully saturated rings. The number of hydrogen-bond donors (Lipinski definition) is 1. The van der Waals surface area contributed by atoms with Crippen LogP contribution in [0.4, 0.5) is 0 Å². The quantitative estimate of drug-likeness (QED) is 0.499. The minimum atomic E-state index is 0.997. The van der Waals surface area contributed by atoms with Gasteiger partial charge in [0.15, 0.2) is 0 Å². The molecule has 0 aromatic heterocycles. The van der Waals surface area contributed by atoms with Crippen LogP contribution in [0.2, 0.25) is 0 Å². The summed E-state index contributed by atoms with van der Waals surface area (Å²) in [5.74, 6) is 0. The first-order valence-electron chi connectivity index (χ1n) is 4.65. The molecule has 0 radical (unpaired) electrons. The largest absolute Gasteiger partial charge is 0.313 e. The molecule has 0 spiro atoms. The summed E-state index contributed by atoms with van der Waals surface area (Å²) in [5.41, 5.74) is 2.70. The Kier molecular flexibility index (Phi) is 5.39. The molecule has 72 valence electrons. The highest BCUT2D eigenvalue weighted by Crippen LogP contribution is 2.02. The topological polar surface area (TPSA) is 12.0 Å². The second-order valence-corrected chi connectivity index (χ2v) is 4.28. The van der Waals surface area contributed by atoms with Gasteiger partial charge in [-0.25, -0.2) is 0 Å². The fourth-order valence-electron chi connectivity index (χ4n) is 1.13. The summed E-state index contributed by atoms with van der Waals surface area (Å²) in [6, 6.07) is 8.70. The fourth-order valence-corrected chi connectivity index (χ4v) is 1.51. The van der Waals surface area contributed by atoms with Crippen molar-refractivity contribution in [1.82, 2.24) is 5.32 Å². The molecule has 0 atom stereocenters.